The van der Waals surface area contributed by atoms with Crippen molar-refractivity contribution in [3.05, 3.63) is 0 Å². The molecule has 2 heteroatoms. The van der Waals surface area contributed by atoms with Crippen molar-refractivity contribution < 1.29 is 0 Å². The zero-order valence-corrected chi connectivity index (χ0v) is 10.0. The van der Waals surface area contributed by atoms with E-state index in [1.165, 1.54) is 15.8 Å². The second kappa shape index (κ2) is 8.06. The molecule has 0 aromatic carbocycles. The van der Waals surface area contributed by atoms with Crippen molar-refractivity contribution in [3.63, 3.8) is 0 Å². The summed E-state index contributed by atoms with van der Waals surface area (Å²) in [6.45, 7) is 7.01. The van der Waals surface area contributed by atoms with Crippen LogP contribution in [0.2, 0.25) is 15.8 Å². The first-order valence-corrected chi connectivity index (χ1v) is 7.63. The zero-order chi connectivity index (χ0) is 5.70. The third-order valence-corrected chi connectivity index (χ3v) is 7.79. The molecule has 0 aromatic heterocycles. The van der Waals surface area contributed by atoms with Gasteiger partial charge in [-0.3, -0.25) is 0 Å². The van der Waals surface area contributed by atoms with Crippen LogP contribution in [0.15, 0.2) is 0 Å². The molecule has 0 aliphatic heterocycles. The van der Waals surface area contributed by atoms with E-state index >= 15 is 0 Å². The van der Waals surface area contributed by atoms with Crippen LogP contribution in [0.4, 0.5) is 0 Å². The van der Waals surface area contributed by atoms with Crippen LogP contribution >= 0.6 is 0 Å². The van der Waals surface area contributed by atoms with Gasteiger partial charge < -0.3 is 0 Å². The van der Waals surface area contributed by atoms with Gasteiger partial charge >= 0.3 is 67.9 Å². The van der Waals surface area contributed by atoms with Crippen molar-refractivity contribution >= 4 is 31.4 Å². The Labute approximate surface area is 68.0 Å². The van der Waals surface area contributed by atoms with E-state index in [0.29, 0.717) is 0 Å². The van der Waals surface area contributed by atoms with Crippen LogP contribution < -0.4 is 0 Å². The maximum atomic E-state index is 2.34. The van der Waals surface area contributed by atoms with E-state index in [1.54, 1.807) is 0 Å². The Hall–Kier alpha value is 1.06. The molecule has 2 radical (unpaired) electrons. The van der Waals surface area contributed by atoms with Crippen molar-refractivity contribution in [2.75, 3.05) is 0 Å². The molecule has 0 fully saturated rings. The molecule has 0 atom stereocenters. The van der Waals surface area contributed by atoms with Crippen LogP contribution in [0.25, 0.3) is 0 Å². The second-order valence-electron chi connectivity index (χ2n) is 1.81. The van der Waals surface area contributed by atoms with E-state index in [1.807, 2.05) is 0 Å². The third kappa shape index (κ3) is 5.20. The number of hydrogen-bond acceptors (Lipinski definition) is 0. The standard InChI is InChI=1S/C6H15Ge.HSe/c1-4-7(5-2)6-3;/h4-6H2,1-3H3;1H. The molecule has 0 heterocycles. The Kier molecular flexibility index (Phi) is 11.9. The van der Waals surface area contributed by atoms with Crippen molar-refractivity contribution in [2.24, 2.45) is 0 Å². The van der Waals surface area contributed by atoms with Crippen molar-refractivity contribution in [1.29, 1.82) is 0 Å². The topological polar surface area (TPSA) is 0 Å². The van der Waals surface area contributed by atoms with Gasteiger partial charge in [0.2, 0.25) is 0 Å². The summed E-state index contributed by atoms with van der Waals surface area (Å²) in [5.41, 5.74) is 0. The van der Waals surface area contributed by atoms with Crippen LogP contribution in [-0.2, 0) is 0 Å². The molecular weight excluding hydrogens is 224 g/mol. The first kappa shape index (κ1) is 11.8. The SMILES string of the molecule is C[CH2][Ge]([CH2]C)[CH2]C.[SeH]. The summed E-state index contributed by atoms with van der Waals surface area (Å²) in [7, 11) is 0. The summed E-state index contributed by atoms with van der Waals surface area (Å²) in [4.78, 5) is 0. The summed E-state index contributed by atoms with van der Waals surface area (Å²) in [6.07, 6.45) is 0. The Bertz CT molecular complexity index is 30.0. The molecule has 0 aliphatic carbocycles. The minimum atomic E-state index is -0.403. The van der Waals surface area contributed by atoms with E-state index in [2.05, 4.69) is 20.8 Å². The van der Waals surface area contributed by atoms with Crippen LogP contribution in [0.1, 0.15) is 20.8 Å². The average Bonchev–Trinajstić information content (AvgIpc) is 1.72. The molecule has 0 saturated heterocycles. The van der Waals surface area contributed by atoms with Gasteiger partial charge in [-0.25, -0.2) is 0 Å². The fourth-order valence-electron chi connectivity index (χ4n) is 0.750. The Balaban J connectivity index is 0. The molecule has 0 unspecified atom stereocenters. The molecule has 0 bridgehead atoms. The summed E-state index contributed by atoms with van der Waals surface area (Å²) in [5, 5.41) is 4.56. The van der Waals surface area contributed by atoms with Crippen LogP contribution in [-0.4, -0.2) is 31.4 Å². The van der Waals surface area contributed by atoms with Crippen LogP contribution in [0.3, 0.4) is 0 Å². The number of rotatable bonds is 3. The molecule has 0 N–H and O–H groups in total. The molecule has 0 rings (SSSR count). The van der Waals surface area contributed by atoms with Gasteiger partial charge in [0.05, 0.1) is 0 Å². The van der Waals surface area contributed by atoms with Gasteiger partial charge in [0, 0.05) is 0 Å². The maximum absolute atomic E-state index is 2.34. The first-order chi connectivity index (χ1) is 3.35. The molecule has 0 aromatic rings. The first-order valence-electron chi connectivity index (χ1n) is 3.18. The van der Waals surface area contributed by atoms with Gasteiger partial charge in [-0.15, -0.1) is 0 Å². The normalized spacial score (nSPS) is 9.00. The Morgan fingerprint density at radius 1 is 0.875 bits per heavy atom. The molecule has 0 saturated carbocycles. The van der Waals surface area contributed by atoms with Gasteiger partial charge in [0.15, 0.2) is 0 Å². The van der Waals surface area contributed by atoms with Crippen LogP contribution in [0, 0.1) is 0 Å². The number of hydrogen-bond donors (Lipinski definition) is 0. The summed E-state index contributed by atoms with van der Waals surface area (Å²) in [6, 6.07) is 0. The van der Waals surface area contributed by atoms with Gasteiger partial charge in [-0.05, 0) is 0 Å². The van der Waals surface area contributed by atoms with E-state index in [0.717, 1.165) is 0 Å². The van der Waals surface area contributed by atoms with Gasteiger partial charge in [-0.2, -0.15) is 0 Å². The molecule has 0 spiro atoms. The molecule has 50 valence electrons. The minimum absolute atomic E-state index is 0. The quantitative estimate of drug-likeness (QED) is 0.660. The second-order valence-corrected chi connectivity index (χ2v) is 9.41. The van der Waals surface area contributed by atoms with Crippen LogP contribution in [0.5, 0.6) is 0 Å². The fourth-order valence-corrected chi connectivity index (χ4v) is 3.90. The van der Waals surface area contributed by atoms with Crippen molar-refractivity contribution in [2.45, 2.75) is 36.5 Å². The van der Waals surface area contributed by atoms with Gasteiger partial charge in [0.1, 0.15) is 0 Å². The predicted molar refractivity (Wildman–Crippen MR) is 44.3 cm³/mol. The zero-order valence-electron chi connectivity index (χ0n) is 6.07. The molecule has 8 heavy (non-hydrogen) atoms. The third-order valence-electron chi connectivity index (χ3n) is 1.50. The summed E-state index contributed by atoms with van der Waals surface area (Å²) < 4.78 is 0. The Morgan fingerprint density at radius 2 is 1.12 bits per heavy atom. The van der Waals surface area contributed by atoms with Gasteiger partial charge in [-0.1, -0.05) is 0 Å². The van der Waals surface area contributed by atoms with E-state index in [9.17, 15) is 0 Å². The summed E-state index contributed by atoms with van der Waals surface area (Å²) >= 11 is -0.403. The molecule has 0 amide bonds. The molecule has 0 nitrogen and oxygen atoms in total. The fraction of sp³-hybridized carbons (Fsp3) is 1.00. The monoisotopic (exact) mass is 242 g/mol. The van der Waals surface area contributed by atoms with Gasteiger partial charge in [0.25, 0.3) is 0 Å². The van der Waals surface area contributed by atoms with E-state index < -0.39 is 14.3 Å². The molecule has 0 aliphatic rings. The van der Waals surface area contributed by atoms with Crippen molar-refractivity contribution in [1.82, 2.24) is 0 Å². The van der Waals surface area contributed by atoms with E-state index in [4.69, 9.17) is 0 Å². The summed E-state index contributed by atoms with van der Waals surface area (Å²) in [5.74, 6) is 0. The Morgan fingerprint density at radius 3 is 1.12 bits per heavy atom. The van der Waals surface area contributed by atoms with E-state index in [-0.39, 0.29) is 17.1 Å². The van der Waals surface area contributed by atoms with Crippen molar-refractivity contribution in [3.8, 4) is 0 Å². The average molecular weight is 240 g/mol. The predicted octanol–water partition coefficient (Wildman–Crippen LogP) is 1.89. The molecular formula is C6H16GeSe.